The molecule has 0 fully saturated rings. The molecule has 0 saturated heterocycles. The highest BCUT2D eigenvalue weighted by Crippen LogP contribution is 2.32. The van der Waals surface area contributed by atoms with E-state index in [-0.39, 0.29) is 17.5 Å². The minimum Gasteiger partial charge on any atom is -0.349 e. The van der Waals surface area contributed by atoms with Gasteiger partial charge in [-0.1, -0.05) is 52.3 Å². The maximum Gasteiger partial charge on any atom is 0.260 e. The van der Waals surface area contributed by atoms with E-state index in [9.17, 15) is 9.59 Å². The predicted molar refractivity (Wildman–Crippen MR) is 140 cm³/mol. The maximum atomic E-state index is 12.8. The monoisotopic (exact) mass is 539 g/mol. The molecule has 2 heterocycles. The molecule has 1 atom stereocenters. The molecule has 0 radical (unpaired) electrons. The van der Waals surface area contributed by atoms with E-state index >= 15 is 0 Å². The largest absolute Gasteiger partial charge is 0.349 e. The number of hydrogen-bond donors (Lipinski definition) is 2. The minimum atomic E-state index is -0.141. The SMILES string of the molecule is O=C(CSCc1nc2scc(-c3ccc(Br)cc3)c2c(=O)[nH]1)N[C@@H]1CCCc2ccccc21. The molecule has 0 aliphatic heterocycles. The van der Waals surface area contributed by atoms with Gasteiger partial charge in [-0.15, -0.1) is 23.1 Å². The van der Waals surface area contributed by atoms with Gasteiger partial charge in [-0.05, 0) is 48.1 Å². The molecule has 1 aliphatic carbocycles. The fraction of sp³-hybridized carbons (Fsp3) is 0.240. The number of rotatable bonds is 6. The smallest absolute Gasteiger partial charge is 0.260 e. The fourth-order valence-electron chi connectivity index (χ4n) is 4.28. The lowest BCUT2D eigenvalue weighted by Gasteiger charge is -2.26. The first kappa shape index (κ1) is 22.4. The van der Waals surface area contributed by atoms with Crippen LogP contribution < -0.4 is 10.9 Å². The summed E-state index contributed by atoms with van der Waals surface area (Å²) in [6.45, 7) is 0. The number of fused-ring (bicyclic) bond motifs is 2. The van der Waals surface area contributed by atoms with Crippen LogP contribution in [0.1, 0.15) is 35.8 Å². The van der Waals surface area contributed by atoms with Gasteiger partial charge >= 0.3 is 0 Å². The molecule has 2 aromatic carbocycles. The molecular weight excluding hydrogens is 518 g/mol. The molecule has 33 heavy (non-hydrogen) atoms. The van der Waals surface area contributed by atoms with Crippen molar-refractivity contribution in [1.29, 1.82) is 0 Å². The number of amides is 1. The summed E-state index contributed by atoms with van der Waals surface area (Å²) in [7, 11) is 0. The van der Waals surface area contributed by atoms with Gasteiger partial charge in [-0.25, -0.2) is 4.98 Å². The van der Waals surface area contributed by atoms with Gasteiger partial charge in [0.2, 0.25) is 5.91 Å². The first-order valence-corrected chi connectivity index (χ1v) is 13.6. The lowest BCUT2D eigenvalue weighted by Crippen LogP contribution is -2.32. The highest BCUT2D eigenvalue weighted by Gasteiger charge is 2.21. The highest BCUT2D eigenvalue weighted by molar-refractivity contribution is 9.10. The van der Waals surface area contributed by atoms with E-state index in [1.807, 2.05) is 35.7 Å². The molecule has 8 heteroatoms. The van der Waals surface area contributed by atoms with Crippen molar-refractivity contribution in [2.45, 2.75) is 31.1 Å². The number of aromatic amines is 1. The van der Waals surface area contributed by atoms with Crippen molar-refractivity contribution in [2.24, 2.45) is 0 Å². The fourth-order valence-corrected chi connectivity index (χ4v) is 6.22. The van der Waals surface area contributed by atoms with Crippen molar-refractivity contribution in [1.82, 2.24) is 15.3 Å². The average molecular weight is 541 g/mol. The van der Waals surface area contributed by atoms with Crippen LogP contribution in [0.3, 0.4) is 0 Å². The minimum absolute atomic E-state index is 0.0128. The molecule has 5 rings (SSSR count). The number of nitrogens with zero attached hydrogens (tertiary/aromatic N) is 1. The quantitative estimate of drug-likeness (QED) is 0.322. The van der Waals surface area contributed by atoms with Crippen LogP contribution in [0.4, 0.5) is 0 Å². The van der Waals surface area contributed by atoms with Crippen LogP contribution in [0.2, 0.25) is 0 Å². The number of aryl methyl sites for hydroxylation is 1. The number of nitrogens with one attached hydrogen (secondary N) is 2. The Balaban J connectivity index is 1.23. The van der Waals surface area contributed by atoms with E-state index < -0.39 is 0 Å². The van der Waals surface area contributed by atoms with Gasteiger partial charge in [0.25, 0.3) is 5.56 Å². The van der Waals surface area contributed by atoms with Crippen molar-refractivity contribution >= 4 is 55.2 Å². The third-order valence-electron chi connectivity index (χ3n) is 5.82. The zero-order chi connectivity index (χ0) is 22.8. The van der Waals surface area contributed by atoms with E-state index in [0.717, 1.165) is 39.7 Å². The van der Waals surface area contributed by atoms with Gasteiger partial charge in [0.1, 0.15) is 10.7 Å². The summed E-state index contributed by atoms with van der Waals surface area (Å²) in [5, 5.41) is 5.76. The molecule has 1 aliphatic rings. The molecule has 4 aromatic rings. The second-order valence-corrected chi connectivity index (χ2v) is 10.8. The summed E-state index contributed by atoms with van der Waals surface area (Å²) in [6, 6.07) is 16.3. The number of H-pyrrole nitrogens is 1. The van der Waals surface area contributed by atoms with Crippen molar-refractivity contribution in [3.63, 3.8) is 0 Å². The average Bonchev–Trinajstić information content (AvgIpc) is 3.24. The normalized spacial score (nSPS) is 15.4. The van der Waals surface area contributed by atoms with E-state index in [0.29, 0.717) is 22.7 Å². The number of carbonyl (C=O) groups is 1. The van der Waals surface area contributed by atoms with Crippen molar-refractivity contribution in [3.8, 4) is 11.1 Å². The number of benzene rings is 2. The van der Waals surface area contributed by atoms with Gasteiger partial charge in [-0.3, -0.25) is 9.59 Å². The molecule has 1 amide bonds. The Kier molecular flexibility index (Phi) is 6.66. The third kappa shape index (κ3) is 4.93. The highest BCUT2D eigenvalue weighted by atomic mass is 79.9. The van der Waals surface area contributed by atoms with Gasteiger partial charge in [0.05, 0.1) is 22.9 Å². The Bertz CT molecular complexity index is 1360. The molecule has 2 N–H and O–H groups in total. The van der Waals surface area contributed by atoms with Crippen LogP contribution >= 0.6 is 39.0 Å². The first-order valence-electron chi connectivity index (χ1n) is 10.8. The lowest BCUT2D eigenvalue weighted by molar-refractivity contribution is -0.119. The number of carbonyl (C=O) groups excluding carboxylic acids is 1. The summed E-state index contributed by atoms with van der Waals surface area (Å²) in [5.41, 5.74) is 4.30. The van der Waals surface area contributed by atoms with Gasteiger partial charge in [-0.2, -0.15) is 0 Å². The number of halogens is 1. The number of aromatic nitrogens is 2. The maximum absolute atomic E-state index is 12.8. The molecule has 0 unspecified atom stereocenters. The van der Waals surface area contributed by atoms with Crippen LogP contribution in [0.5, 0.6) is 0 Å². The third-order valence-corrected chi connectivity index (χ3v) is 8.17. The number of thiophene rings is 1. The Labute approximate surface area is 208 Å². The van der Waals surface area contributed by atoms with E-state index in [1.165, 1.54) is 34.2 Å². The molecule has 168 valence electrons. The molecule has 5 nitrogen and oxygen atoms in total. The van der Waals surface area contributed by atoms with E-state index in [1.54, 1.807) is 0 Å². The van der Waals surface area contributed by atoms with E-state index in [2.05, 4.69) is 49.4 Å². The van der Waals surface area contributed by atoms with Crippen LogP contribution in [0.15, 0.2) is 63.2 Å². The van der Waals surface area contributed by atoms with E-state index in [4.69, 9.17) is 0 Å². The topological polar surface area (TPSA) is 74.8 Å². The predicted octanol–water partition coefficient (Wildman–Crippen LogP) is 5.84. The Morgan fingerprint density at radius 3 is 2.88 bits per heavy atom. The Morgan fingerprint density at radius 1 is 1.21 bits per heavy atom. The molecular formula is C25H22BrN3O2S2. The second-order valence-electron chi connectivity index (χ2n) is 8.05. The zero-order valence-corrected chi connectivity index (χ0v) is 21.0. The van der Waals surface area contributed by atoms with Gasteiger partial charge in [0.15, 0.2) is 0 Å². The van der Waals surface area contributed by atoms with Crippen molar-refractivity contribution in [3.05, 3.63) is 85.7 Å². The summed E-state index contributed by atoms with van der Waals surface area (Å²) in [6.07, 6.45) is 3.13. The zero-order valence-electron chi connectivity index (χ0n) is 17.8. The van der Waals surface area contributed by atoms with Gasteiger partial charge < -0.3 is 10.3 Å². The van der Waals surface area contributed by atoms with Crippen LogP contribution in [-0.2, 0) is 17.0 Å². The summed E-state index contributed by atoms with van der Waals surface area (Å²) < 4.78 is 0.994. The van der Waals surface area contributed by atoms with Crippen molar-refractivity contribution in [2.75, 3.05) is 5.75 Å². The first-order chi connectivity index (χ1) is 16.1. The summed E-state index contributed by atoms with van der Waals surface area (Å²) >= 11 is 6.37. The molecule has 0 spiro atoms. The lowest BCUT2D eigenvalue weighted by atomic mass is 9.88. The van der Waals surface area contributed by atoms with Crippen LogP contribution in [0.25, 0.3) is 21.3 Å². The second kappa shape index (κ2) is 9.83. The summed E-state index contributed by atoms with van der Waals surface area (Å²) in [5.74, 6) is 1.41. The van der Waals surface area contributed by atoms with Crippen LogP contribution in [0, 0.1) is 0 Å². The number of hydrogen-bond acceptors (Lipinski definition) is 5. The molecule has 0 bridgehead atoms. The molecule has 2 aromatic heterocycles. The summed E-state index contributed by atoms with van der Waals surface area (Å²) in [4.78, 5) is 33.6. The Morgan fingerprint density at radius 2 is 2.03 bits per heavy atom. The number of thioether (sulfide) groups is 1. The van der Waals surface area contributed by atoms with Gasteiger partial charge in [0, 0.05) is 15.4 Å². The van der Waals surface area contributed by atoms with Crippen molar-refractivity contribution < 1.29 is 4.79 Å². The standard InChI is InChI=1S/C25H22BrN3O2S2/c26-17-10-8-16(9-11-17)19-12-33-25-23(19)24(31)28-21(29-25)13-32-14-22(30)27-20-7-3-5-15-4-1-2-6-18(15)20/h1-2,4,6,8-12,20H,3,5,7,13-14H2,(H,27,30)(H,28,29,31)/t20-/m1/s1. The molecule has 0 saturated carbocycles. The Hall–Kier alpha value is -2.42. The van der Waals surface area contributed by atoms with Crippen LogP contribution in [-0.4, -0.2) is 21.6 Å².